The summed E-state index contributed by atoms with van der Waals surface area (Å²) in [7, 11) is -4.83. The summed E-state index contributed by atoms with van der Waals surface area (Å²) >= 11 is 0. The molecule has 0 rings (SSSR count). The zero-order chi connectivity index (χ0) is 24.1. The van der Waals surface area contributed by atoms with Crippen LogP contribution in [0.25, 0.3) is 0 Å². The fourth-order valence-corrected chi connectivity index (χ4v) is 4.98. The smallest absolute Gasteiger partial charge is 0.359 e. The number of aliphatic hydroxyl groups excluding tert-OH is 1. The molecular weight excluding hydrogens is 425 g/mol. The Morgan fingerprint density at radius 1 is 0.750 bits per heavy atom. The van der Waals surface area contributed by atoms with Gasteiger partial charge in [0.15, 0.2) is 5.34 Å². The molecule has 0 fully saturated rings. The fraction of sp³-hybridized carbons (Fsp3) is 0.920. The van der Waals surface area contributed by atoms with Gasteiger partial charge in [-0.25, -0.2) is 0 Å². The van der Waals surface area contributed by atoms with Crippen molar-refractivity contribution in [3.8, 4) is 0 Å². The van der Waals surface area contributed by atoms with Crippen molar-refractivity contribution in [3.63, 3.8) is 0 Å². The van der Waals surface area contributed by atoms with Crippen LogP contribution in [0.3, 0.4) is 0 Å². The van der Waals surface area contributed by atoms with Crippen molar-refractivity contribution in [2.45, 2.75) is 140 Å². The van der Waals surface area contributed by atoms with Gasteiger partial charge in [-0.1, -0.05) is 103 Å². The quantitative estimate of drug-likeness (QED) is 0.0682. The van der Waals surface area contributed by atoms with Gasteiger partial charge in [-0.05, 0) is 38.5 Å². The average molecular weight is 478 g/mol. The Morgan fingerprint density at radius 2 is 1.12 bits per heavy atom. The van der Waals surface area contributed by atoms with Crippen LogP contribution in [-0.2, 0) is 4.57 Å². The summed E-state index contributed by atoms with van der Waals surface area (Å²) in [4.78, 5) is 18.7. The highest BCUT2D eigenvalue weighted by Gasteiger charge is 2.49. The molecule has 0 saturated heterocycles. The minimum absolute atomic E-state index is 0.136. The lowest BCUT2D eigenvalue weighted by Crippen LogP contribution is -2.46. The highest BCUT2D eigenvalue weighted by atomic mass is 31.2. The van der Waals surface area contributed by atoms with Gasteiger partial charge >= 0.3 is 7.60 Å². The zero-order valence-corrected chi connectivity index (χ0v) is 21.5. The third-order valence-corrected chi connectivity index (χ3v) is 7.85. The number of hydrogen-bond acceptors (Lipinski definition) is 4. The van der Waals surface area contributed by atoms with Gasteiger partial charge in [0.2, 0.25) is 0 Å². The first-order chi connectivity index (χ1) is 15.3. The number of unbranched alkanes of at least 4 members (excludes halogenated alkanes) is 16. The second-order valence-electron chi connectivity index (χ2n) is 9.28. The van der Waals surface area contributed by atoms with Crippen molar-refractivity contribution < 1.29 is 24.6 Å². The minimum atomic E-state index is -4.83. The maximum absolute atomic E-state index is 11.5. The zero-order valence-electron chi connectivity index (χ0n) is 20.6. The Kier molecular flexibility index (Phi) is 20.0. The number of aliphatic hydroxyl groups is 2. The van der Waals surface area contributed by atoms with Crippen molar-refractivity contribution >= 4 is 7.60 Å². The molecule has 0 saturated carbocycles. The Labute approximate surface area is 197 Å². The van der Waals surface area contributed by atoms with Crippen molar-refractivity contribution in [1.29, 1.82) is 0 Å². The molecule has 0 heterocycles. The van der Waals surface area contributed by atoms with Crippen LogP contribution < -0.4 is 5.73 Å². The second kappa shape index (κ2) is 20.2. The number of nitrogens with two attached hydrogens (primary N) is 1. The number of allylic oxidation sites excluding steroid dienone is 2. The molecule has 32 heavy (non-hydrogen) atoms. The van der Waals surface area contributed by atoms with E-state index >= 15 is 0 Å². The molecule has 6 N–H and O–H groups in total. The van der Waals surface area contributed by atoms with Crippen LogP contribution in [0.2, 0.25) is 0 Å². The van der Waals surface area contributed by atoms with Gasteiger partial charge in [0, 0.05) is 6.54 Å². The van der Waals surface area contributed by atoms with Crippen molar-refractivity contribution in [2.24, 2.45) is 5.73 Å². The molecular formula is C25H52NO5P. The fourth-order valence-electron chi connectivity index (χ4n) is 4.03. The van der Waals surface area contributed by atoms with E-state index in [0.29, 0.717) is 6.42 Å². The monoisotopic (exact) mass is 477 g/mol. The average Bonchev–Trinajstić information content (AvgIpc) is 2.76. The van der Waals surface area contributed by atoms with Gasteiger partial charge in [-0.15, -0.1) is 0 Å². The van der Waals surface area contributed by atoms with Gasteiger partial charge in [0.25, 0.3) is 0 Å². The Hall–Kier alpha value is -0.230. The first-order valence-corrected chi connectivity index (χ1v) is 14.7. The minimum Gasteiger partial charge on any atom is -0.388 e. The third kappa shape index (κ3) is 15.6. The van der Waals surface area contributed by atoms with Crippen molar-refractivity contribution in [3.05, 3.63) is 12.2 Å². The largest absolute Gasteiger partial charge is 0.388 e. The topological polar surface area (TPSA) is 124 Å². The standard InChI is InChI=1S/C25H52NO5P/c1-2-3-4-5-6-7-8-9-10-11-12-13-14-15-16-17-18-19-20-21-22-25(28,24(27)23-26)32(29,30)31/h9-10,24,27-28H,2-8,11-23,26H2,1H3,(H2,29,30,31)/b10-9-. The van der Waals surface area contributed by atoms with Crippen LogP contribution >= 0.6 is 7.60 Å². The summed E-state index contributed by atoms with van der Waals surface area (Å²) in [6, 6.07) is 0. The molecule has 0 aliphatic rings. The molecule has 192 valence electrons. The predicted molar refractivity (Wildman–Crippen MR) is 135 cm³/mol. The lowest BCUT2D eigenvalue weighted by Gasteiger charge is -2.32. The van der Waals surface area contributed by atoms with Gasteiger partial charge in [-0.3, -0.25) is 4.57 Å². The maximum atomic E-state index is 11.5. The lowest BCUT2D eigenvalue weighted by molar-refractivity contribution is -0.0322. The van der Waals surface area contributed by atoms with Crippen LogP contribution in [0, 0.1) is 0 Å². The van der Waals surface area contributed by atoms with E-state index in [1.54, 1.807) is 0 Å². The molecule has 7 heteroatoms. The van der Waals surface area contributed by atoms with Gasteiger partial charge < -0.3 is 25.7 Å². The highest BCUT2D eigenvalue weighted by molar-refractivity contribution is 7.53. The van der Waals surface area contributed by atoms with Gasteiger partial charge in [-0.2, -0.15) is 0 Å². The van der Waals surface area contributed by atoms with E-state index < -0.39 is 19.0 Å². The van der Waals surface area contributed by atoms with E-state index in [9.17, 15) is 24.6 Å². The first-order valence-electron chi connectivity index (χ1n) is 13.1. The van der Waals surface area contributed by atoms with E-state index in [0.717, 1.165) is 19.3 Å². The van der Waals surface area contributed by atoms with Gasteiger partial charge in [0.1, 0.15) is 6.10 Å². The van der Waals surface area contributed by atoms with Crippen molar-refractivity contribution in [1.82, 2.24) is 0 Å². The van der Waals surface area contributed by atoms with E-state index in [1.807, 2.05) is 0 Å². The molecule has 0 bridgehead atoms. The molecule has 0 amide bonds. The molecule has 0 aliphatic carbocycles. The van der Waals surface area contributed by atoms with Crippen LogP contribution in [0.5, 0.6) is 0 Å². The molecule has 0 aromatic rings. The van der Waals surface area contributed by atoms with E-state index in [-0.39, 0.29) is 13.0 Å². The predicted octanol–water partition coefficient (Wildman–Crippen LogP) is 6.16. The molecule has 0 spiro atoms. The maximum Gasteiger partial charge on any atom is 0.359 e. The Balaban J connectivity index is 3.49. The molecule has 0 aliphatic heterocycles. The van der Waals surface area contributed by atoms with Crippen molar-refractivity contribution in [2.75, 3.05) is 6.54 Å². The molecule has 6 nitrogen and oxygen atoms in total. The summed E-state index contributed by atoms with van der Waals surface area (Å²) in [5.41, 5.74) is 5.28. The first kappa shape index (κ1) is 31.8. The lowest BCUT2D eigenvalue weighted by atomic mass is 10.0. The third-order valence-electron chi connectivity index (χ3n) is 6.32. The number of rotatable bonds is 23. The number of hydrogen-bond donors (Lipinski definition) is 5. The van der Waals surface area contributed by atoms with E-state index in [2.05, 4.69) is 19.1 Å². The molecule has 2 atom stereocenters. The summed E-state index contributed by atoms with van der Waals surface area (Å²) < 4.78 is 11.5. The second-order valence-corrected chi connectivity index (χ2v) is 11.1. The summed E-state index contributed by atoms with van der Waals surface area (Å²) in [6.45, 7) is 1.88. The molecule has 0 aromatic carbocycles. The molecule has 0 radical (unpaired) electrons. The van der Waals surface area contributed by atoms with Crippen LogP contribution in [-0.4, -0.2) is 38.0 Å². The summed E-state index contributed by atoms with van der Waals surface area (Å²) in [5.74, 6) is 0. The van der Waals surface area contributed by atoms with E-state index in [4.69, 9.17) is 5.73 Å². The normalized spacial score (nSPS) is 15.3. The molecule has 2 unspecified atom stereocenters. The SMILES string of the molecule is CCCCCCCC/C=C\CCCCCCCCCCCCC(O)(C(O)CN)P(=O)(O)O. The summed E-state index contributed by atoms with van der Waals surface area (Å²) in [6.07, 6.45) is 24.4. The van der Waals surface area contributed by atoms with Crippen LogP contribution in [0.1, 0.15) is 129 Å². The molecule has 0 aromatic heterocycles. The highest BCUT2D eigenvalue weighted by Crippen LogP contribution is 2.53. The Morgan fingerprint density at radius 3 is 1.50 bits per heavy atom. The Bertz CT molecular complexity index is 497. The van der Waals surface area contributed by atoms with Gasteiger partial charge in [0.05, 0.1) is 0 Å². The van der Waals surface area contributed by atoms with E-state index in [1.165, 1.54) is 89.9 Å². The summed E-state index contributed by atoms with van der Waals surface area (Å²) in [5, 5.41) is 17.4. The van der Waals surface area contributed by atoms with Crippen LogP contribution in [0.15, 0.2) is 12.2 Å². The van der Waals surface area contributed by atoms with Crippen LogP contribution in [0.4, 0.5) is 0 Å².